The minimum absolute atomic E-state index is 0.0612. The molecule has 0 unspecified atom stereocenters. The quantitative estimate of drug-likeness (QED) is 0.480. The molecule has 3 rings (SSSR count). The van der Waals surface area contributed by atoms with Gasteiger partial charge in [-0.1, -0.05) is 65.1 Å². The third kappa shape index (κ3) is 5.31. The molecule has 0 bridgehead atoms. The monoisotopic (exact) mass is 385 g/mol. The molecule has 0 aliphatic rings. The Morgan fingerprint density at radius 3 is 2.65 bits per heavy atom. The molecule has 0 atom stereocenters. The van der Waals surface area contributed by atoms with Crippen LogP contribution in [-0.2, 0) is 10.5 Å². The number of hydrogen-bond donors (Lipinski definition) is 1. The van der Waals surface area contributed by atoms with Crippen LogP contribution in [0.15, 0.2) is 52.9 Å². The fraction of sp³-hybridized carbons (Fsp3) is 0.211. The maximum absolute atomic E-state index is 12.0. The molecule has 0 spiro atoms. The van der Waals surface area contributed by atoms with E-state index in [1.54, 1.807) is 11.8 Å². The summed E-state index contributed by atoms with van der Waals surface area (Å²) in [4.78, 5) is 12.0. The fourth-order valence-electron chi connectivity index (χ4n) is 2.17. The summed E-state index contributed by atoms with van der Waals surface area (Å²) in [6, 6.07) is 15.8. The molecule has 2 aromatic carbocycles. The van der Waals surface area contributed by atoms with Gasteiger partial charge in [0.15, 0.2) is 10.9 Å². The Balaban J connectivity index is 1.47. The third-order valence-electron chi connectivity index (χ3n) is 3.66. The summed E-state index contributed by atoms with van der Waals surface area (Å²) < 4.78 is 6.28. The molecule has 7 heteroatoms. The number of benzene rings is 2. The van der Waals surface area contributed by atoms with Crippen molar-refractivity contribution in [2.75, 3.05) is 11.9 Å². The van der Waals surface area contributed by atoms with Crippen LogP contribution in [0.1, 0.15) is 16.7 Å². The van der Waals surface area contributed by atoms with Gasteiger partial charge in [0.2, 0.25) is 5.13 Å². The van der Waals surface area contributed by atoms with Crippen molar-refractivity contribution in [1.29, 1.82) is 0 Å². The number of thioether (sulfide) groups is 1. The van der Waals surface area contributed by atoms with Crippen molar-refractivity contribution in [3.05, 3.63) is 65.2 Å². The van der Waals surface area contributed by atoms with Crippen LogP contribution < -0.4 is 10.1 Å². The second kappa shape index (κ2) is 8.82. The molecule has 1 N–H and O–H groups in total. The van der Waals surface area contributed by atoms with Crippen LogP contribution in [0.5, 0.6) is 5.75 Å². The lowest BCUT2D eigenvalue weighted by Crippen LogP contribution is -2.20. The first-order chi connectivity index (χ1) is 12.6. The van der Waals surface area contributed by atoms with Crippen molar-refractivity contribution in [3.8, 4) is 5.75 Å². The van der Waals surface area contributed by atoms with Gasteiger partial charge in [0.25, 0.3) is 5.91 Å². The highest BCUT2D eigenvalue weighted by Crippen LogP contribution is 2.29. The lowest BCUT2D eigenvalue weighted by Gasteiger charge is -2.05. The average molecular weight is 386 g/mol. The summed E-state index contributed by atoms with van der Waals surface area (Å²) >= 11 is 2.97. The second-order valence-corrected chi connectivity index (χ2v) is 7.94. The van der Waals surface area contributed by atoms with Crippen LogP contribution in [0, 0.1) is 13.8 Å². The number of aromatic nitrogens is 2. The van der Waals surface area contributed by atoms with E-state index in [1.807, 2.05) is 43.3 Å². The molecule has 0 saturated carbocycles. The predicted octanol–water partition coefficient (Wildman–Crippen LogP) is 4.46. The smallest absolute Gasteiger partial charge is 0.264 e. The first kappa shape index (κ1) is 18.4. The Hall–Kier alpha value is -2.38. The molecule has 0 saturated heterocycles. The van der Waals surface area contributed by atoms with Crippen molar-refractivity contribution >= 4 is 34.1 Å². The van der Waals surface area contributed by atoms with Gasteiger partial charge in [0.05, 0.1) is 0 Å². The van der Waals surface area contributed by atoms with E-state index in [0.717, 1.165) is 15.7 Å². The van der Waals surface area contributed by atoms with E-state index in [0.29, 0.717) is 10.9 Å². The fourth-order valence-corrected chi connectivity index (χ4v) is 4.01. The van der Waals surface area contributed by atoms with Gasteiger partial charge in [-0.15, -0.1) is 10.2 Å². The van der Waals surface area contributed by atoms with E-state index in [9.17, 15) is 4.79 Å². The van der Waals surface area contributed by atoms with E-state index in [4.69, 9.17) is 4.74 Å². The molecule has 0 radical (unpaired) electrons. The molecule has 134 valence electrons. The van der Waals surface area contributed by atoms with Gasteiger partial charge < -0.3 is 4.74 Å². The summed E-state index contributed by atoms with van der Waals surface area (Å²) in [6.45, 7) is 4.03. The highest BCUT2D eigenvalue weighted by molar-refractivity contribution is 8.00. The van der Waals surface area contributed by atoms with Crippen LogP contribution in [0.3, 0.4) is 0 Å². The van der Waals surface area contributed by atoms with Crippen molar-refractivity contribution in [2.24, 2.45) is 0 Å². The zero-order valence-electron chi connectivity index (χ0n) is 14.6. The van der Waals surface area contributed by atoms with E-state index in [2.05, 4.69) is 34.6 Å². The molecule has 1 aromatic heterocycles. The van der Waals surface area contributed by atoms with Crippen LogP contribution in [0.2, 0.25) is 0 Å². The van der Waals surface area contributed by atoms with Gasteiger partial charge in [-0.3, -0.25) is 10.1 Å². The van der Waals surface area contributed by atoms with Gasteiger partial charge in [0.1, 0.15) is 5.75 Å². The van der Waals surface area contributed by atoms with Crippen LogP contribution in [0.25, 0.3) is 0 Å². The lowest BCUT2D eigenvalue weighted by molar-refractivity contribution is -0.118. The topological polar surface area (TPSA) is 64.1 Å². The van der Waals surface area contributed by atoms with E-state index in [1.165, 1.54) is 22.5 Å². The van der Waals surface area contributed by atoms with Crippen molar-refractivity contribution in [2.45, 2.75) is 23.9 Å². The van der Waals surface area contributed by atoms with Crippen LogP contribution >= 0.6 is 23.1 Å². The average Bonchev–Trinajstić information content (AvgIpc) is 3.08. The number of amides is 1. The molecular weight excluding hydrogens is 366 g/mol. The summed E-state index contributed by atoms with van der Waals surface area (Å²) in [5.74, 6) is 1.24. The third-order valence-corrected chi connectivity index (χ3v) is 5.68. The zero-order valence-corrected chi connectivity index (χ0v) is 16.2. The standard InChI is InChI=1S/C19H19N3O2S2/c1-13-7-9-16(10-8-13)24-11-17(23)20-18-21-22-19(26-18)25-12-15-6-4-3-5-14(15)2/h3-10H,11-12H2,1-2H3,(H,20,21,23). The van der Waals surface area contributed by atoms with Gasteiger partial charge in [-0.25, -0.2) is 0 Å². The molecule has 0 aliphatic heterocycles. The number of nitrogens with zero attached hydrogens (tertiary/aromatic N) is 2. The molecule has 1 amide bonds. The number of hydrogen-bond acceptors (Lipinski definition) is 6. The maximum Gasteiger partial charge on any atom is 0.264 e. The van der Waals surface area contributed by atoms with Crippen LogP contribution in [0.4, 0.5) is 5.13 Å². The van der Waals surface area contributed by atoms with Crippen molar-refractivity contribution < 1.29 is 9.53 Å². The summed E-state index contributed by atoms with van der Waals surface area (Å²) in [7, 11) is 0. The highest BCUT2D eigenvalue weighted by atomic mass is 32.2. The molecule has 0 fully saturated rings. The number of carbonyl (C=O) groups excluding carboxylic acids is 1. The van der Waals surface area contributed by atoms with E-state index >= 15 is 0 Å². The van der Waals surface area contributed by atoms with Crippen molar-refractivity contribution in [1.82, 2.24) is 10.2 Å². The second-order valence-electron chi connectivity index (χ2n) is 5.74. The van der Waals surface area contributed by atoms with E-state index < -0.39 is 0 Å². The predicted molar refractivity (Wildman–Crippen MR) is 106 cm³/mol. The Bertz CT molecular complexity index is 879. The number of anilines is 1. The minimum atomic E-state index is -0.253. The Morgan fingerprint density at radius 1 is 1.12 bits per heavy atom. The largest absolute Gasteiger partial charge is 0.484 e. The SMILES string of the molecule is Cc1ccc(OCC(=O)Nc2nnc(SCc3ccccc3C)s2)cc1. The van der Waals surface area contributed by atoms with Crippen LogP contribution in [-0.4, -0.2) is 22.7 Å². The lowest BCUT2D eigenvalue weighted by atomic mass is 10.1. The number of aryl methyl sites for hydroxylation is 2. The summed E-state index contributed by atoms with van der Waals surface area (Å²) in [5, 5.41) is 11.3. The first-order valence-corrected chi connectivity index (χ1v) is 9.90. The van der Waals surface area contributed by atoms with Gasteiger partial charge in [0, 0.05) is 5.75 Å². The molecule has 3 aromatic rings. The summed E-state index contributed by atoms with van der Waals surface area (Å²) in [5.41, 5.74) is 3.67. The molecule has 0 aliphatic carbocycles. The van der Waals surface area contributed by atoms with Gasteiger partial charge in [-0.2, -0.15) is 0 Å². The molecule has 26 heavy (non-hydrogen) atoms. The molecule has 5 nitrogen and oxygen atoms in total. The number of nitrogens with one attached hydrogen (secondary N) is 1. The first-order valence-electron chi connectivity index (χ1n) is 8.10. The Morgan fingerprint density at radius 2 is 1.88 bits per heavy atom. The maximum atomic E-state index is 12.0. The highest BCUT2D eigenvalue weighted by Gasteiger charge is 2.10. The summed E-state index contributed by atoms with van der Waals surface area (Å²) in [6.07, 6.45) is 0. The molecule has 1 heterocycles. The van der Waals surface area contributed by atoms with Gasteiger partial charge in [-0.05, 0) is 37.1 Å². The number of ether oxygens (including phenoxy) is 1. The number of carbonyl (C=O) groups is 1. The van der Waals surface area contributed by atoms with E-state index in [-0.39, 0.29) is 12.5 Å². The molecular formula is C19H19N3O2S2. The zero-order chi connectivity index (χ0) is 18.4. The Labute approximate surface area is 160 Å². The van der Waals surface area contributed by atoms with Gasteiger partial charge >= 0.3 is 0 Å². The Kier molecular flexibility index (Phi) is 6.25. The van der Waals surface area contributed by atoms with Crippen molar-refractivity contribution in [3.63, 3.8) is 0 Å². The normalized spacial score (nSPS) is 10.5. The number of rotatable bonds is 7. The minimum Gasteiger partial charge on any atom is -0.484 e.